The van der Waals surface area contributed by atoms with E-state index in [2.05, 4.69) is 10.3 Å². The fraction of sp³-hybridized carbons (Fsp3) is 0.312. The maximum atomic E-state index is 13.3. The van der Waals surface area contributed by atoms with E-state index < -0.39 is 34.6 Å². The van der Waals surface area contributed by atoms with Crippen LogP contribution in [0.3, 0.4) is 0 Å². The second-order valence-corrected chi connectivity index (χ2v) is 12.1. The minimum atomic E-state index is -4.54. The van der Waals surface area contributed by atoms with Gasteiger partial charge in [0.25, 0.3) is 5.91 Å². The average molecular weight is 625 g/mol. The van der Waals surface area contributed by atoms with E-state index in [1.807, 2.05) is 13.0 Å². The second-order valence-electron chi connectivity index (χ2n) is 11.7. The first-order valence-electron chi connectivity index (χ1n) is 13.9. The quantitative estimate of drug-likeness (QED) is 0.251. The molecular weight excluding hydrogens is 597 g/mol. The van der Waals surface area contributed by atoms with Gasteiger partial charge in [-0.3, -0.25) is 14.6 Å². The summed E-state index contributed by atoms with van der Waals surface area (Å²) in [5.74, 6) is -1.23. The van der Waals surface area contributed by atoms with Crippen molar-refractivity contribution in [1.82, 2.24) is 15.3 Å². The molecule has 0 bridgehead atoms. The summed E-state index contributed by atoms with van der Waals surface area (Å²) in [5, 5.41) is 15.9. The van der Waals surface area contributed by atoms with Crippen LogP contribution in [0.4, 0.5) is 13.2 Å². The molecule has 6 rings (SSSR count). The maximum absolute atomic E-state index is 13.3. The maximum Gasteiger partial charge on any atom is 0.416 e. The van der Waals surface area contributed by atoms with Crippen LogP contribution in [0.5, 0.6) is 5.75 Å². The summed E-state index contributed by atoms with van der Waals surface area (Å²) < 4.78 is 45.7. The molecule has 0 unspecified atom stereocenters. The number of nitrogens with zero attached hydrogens (tertiary/aromatic N) is 2. The van der Waals surface area contributed by atoms with Gasteiger partial charge in [0.1, 0.15) is 29.1 Å². The van der Waals surface area contributed by atoms with Gasteiger partial charge in [-0.2, -0.15) is 13.2 Å². The minimum absolute atomic E-state index is 0.105. The van der Waals surface area contributed by atoms with Crippen LogP contribution in [0.15, 0.2) is 54.7 Å². The Bertz CT molecular complexity index is 1830. The van der Waals surface area contributed by atoms with Crippen LogP contribution in [-0.4, -0.2) is 40.0 Å². The second kappa shape index (κ2) is 10.4. The Balaban J connectivity index is 1.39. The van der Waals surface area contributed by atoms with E-state index in [1.165, 1.54) is 18.2 Å². The molecule has 2 atom stereocenters. The molecule has 1 saturated carbocycles. The molecule has 12 heteroatoms. The fourth-order valence-corrected chi connectivity index (χ4v) is 5.87. The average Bonchev–Trinajstić information content (AvgIpc) is 3.78. The van der Waals surface area contributed by atoms with E-state index in [9.17, 15) is 27.9 Å². The van der Waals surface area contributed by atoms with Gasteiger partial charge in [-0.1, -0.05) is 23.7 Å². The zero-order valence-corrected chi connectivity index (χ0v) is 24.5. The Hall–Kier alpha value is -4.22. The van der Waals surface area contributed by atoms with Crippen molar-refractivity contribution < 1.29 is 32.6 Å². The molecule has 228 valence electrons. The van der Waals surface area contributed by atoms with Crippen LogP contribution in [0, 0.1) is 12.8 Å². The first kappa shape index (κ1) is 29.8. The smallest absolute Gasteiger partial charge is 0.416 e. The zero-order valence-electron chi connectivity index (χ0n) is 23.8. The highest BCUT2D eigenvalue weighted by Crippen LogP contribution is 2.50. The number of fused-ring (bicyclic) bond motifs is 2. The highest BCUT2D eigenvalue weighted by molar-refractivity contribution is 6.35. The highest BCUT2D eigenvalue weighted by Gasteiger charge is 2.50. The minimum Gasteiger partial charge on any atom is -0.489 e. The van der Waals surface area contributed by atoms with E-state index in [0.29, 0.717) is 39.9 Å². The highest BCUT2D eigenvalue weighted by atomic mass is 35.5. The van der Waals surface area contributed by atoms with Crippen molar-refractivity contribution >= 4 is 34.3 Å². The number of carbonyl (C=O) groups is 2. The number of nitrogens with one attached hydrogen (secondary N) is 1. The molecule has 8 nitrogen and oxygen atoms in total. The molecule has 1 fully saturated rings. The van der Waals surface area contributed by atoms with Crippen LogP contribution >= 0.6 is 11.6 Å². The predicted molar refractivity (Wildman–Crippen MR) is 157 cm³/mol. The molecule has 2 aliphatic rings. The van der Waals surface area contributed by atoms with Crippen molar-refractivity contribution in [3.8, 4) is 17.0 Å². The Labute approximate surface area is 255 Å². The SMILES string of the molecule is Cc1cnc2c(Cl)cc(C(=O)NC[C@](O)(c3cc4c(c(-c5ccc(C(F)(F)F)cc5)n3)OC[C@]4(C)C(N)=O)C3CC3)cc2c1. The molecule has 1 aliphatic heterocycles. The monoisotopic (exact) mass is 624 g/mol. The summed E-state index contributed by atoms with van der Waals surface area (Å²) in [5.41, 5.74) is 4.64. The first-order valence-corrected chi connectivity index (χ1v) is 14.3. The third-order valence-electron chi connectivity index (χ3n) is 8.45. The van der Waals surface area contributed by atoms with E-state index in [0.717, 1.165) is 17.7 Å². The van der Waals surface area contributed by atoms with Crippen LogP contribution in [-0.2, 0) is 22.0 Å². The lowest BCUT2D eigenvalue weighted by molar-refractivity contribution is -0.137. The number of aliphatic hydroxyl groups is 1. The van der Waals surface area contributed by atoms with Crippen molar-refractivity contribution in [2.45, 2.75) is 43.9 Å². The van der Waals surface area contributed by atoms with Gasteiger partial charge in [0.2, 0.25) is 5.91 Å². The van der Waals surface area contributed by atoms with Crippen molar-refractivity contribution in [3.63, 3.8) is 0 Å². The van der Waals surface area contributed by atoms with Gasteiger partial charge in [0.15, 0.2) is 0 Å². The number of pyridine rings is 2. The number of aryl methyl sites for hydroxylation is 1. The van der Waals surface area contributed by atoms with Crippen molar-refractivity contribution in [2.75, 3.05) is 13.2 Å². The van der Waals surface area contributed by atoms with E-state index in [1.54, 1.807) is 25.3 Å². The molecule has 3 heterocycles. The van der Waals surface area contributed by atoms with E-state index in [-0.39, 0.29) is 41.8 Å². The molecule has 2 aromatic carbocycles. The molecule has 0 spiro atoms. The third kappa shape index (κ3) is 5.13. The van der Waals surface area contributed by atoms with Gasteiger partial charge in [-0.15, -0.1) is 0 Å². The largest absolute Gasteiger partial charge is 0.489 e. The molecule has 1 aliphatic carbocycles. The summed E-state index contributed by atoms with van der Waals surface area (Å²) in [4.78, 5) is 34.9. The van der Waals surface area contributed by atoms with E-state index >= 15 is 0 Å². The fourth-order valence-electron chi connectivity index (χ4n) is 5.59. The topological polar surface area (TPSA) is 127 Å². The van der Waals surface area contributed by atoms with Crippen molar-refractivity contribution in [1.29, 1.82) is 0 Å². The number of hydrogen-bond acceptors (Lipinski definition) is 6. The molecule has 4 N–H and O–H groups in total. The number of nitrogens with two attached hydrogens (primary N) is 1. The van der Waals surface area contributed by atoms with Gasteiger partial charge in [-0.05, 0) is 74.6 Å². The normalized spacial score (nSPS) is 19.2. The number of carbonyl (C=O) groups excluding carboxylic acids is 2. The zero-order chi connectivity index (χ0) is 31.6. The Morgan fingerprint density at radius 2 is 1.86 bits per heavy atom. The van der Waals surface area contributed by atoms with Gasteiger partial charge >= 0.3 is 6.18 Å². The molecule has 2 aromatic heterocycles. The predicted octanol–water partition coefficient (Wildman–Crippen LogP) is 5.44. The van der Waals surface area contributed by atoms with Crippen molar-refractivity contribution in [2.24, 2.45) is 11.7 Å². The number of hydrogen-bond donors (Lipinski definition) is 3. The molecule has 44 heavy (non-hydrogen) atoms. The summed E-state index contributed by atoms with van der Waals surface area (Å²) in [6, 6.07) is 11.0. The molecular formula is C32H28ClF3N4O4. The Kier molecular flexibility index (Phi) is 7.09. The van der Waals surface area contributed by atoms with Crippen LogP contribution < -0.4 is 15.8 Å². The van der Waals surface area contributed by atoms with Gasteiger partial charge < -0.3 is 20.9 Å². The van der Waals surface area contributed by atoms with Gasteiger partial charge in [-0.25, -0.2) is 4.98 Å². The van der Waals surface area contributed by atoms with Crippen LogP contribution in [0.25, 0.3) is 22.2 Å². The number of rotatable bonds is 7. The number of primary amides is 1. The van der Waals surface area contributed by atoms with E-state index in [4.69, 9.17) is 27.1 Å². The Morgan fingerprint density at radius 1 is 1.16 bits per heavy atom. The summed E-state index contributed by atoms with van der Waals surface area (Å²) in [6.07, 6.45) is -1.56. The number of aromatic nitrogens is 2. The number of amides is 2. The van der Waals surface area contributed by atoms with Crippen LogP contribution in [0.2, 0.25) is 5.02 Å². The summed E-state index contributed by atoms with van der Waals surface area (Å²) >= 11 is 6.41. The van der Waals surface area contributed by atoms with Gasteiger partial charge in [0.05, 0.1) is 28.3 Å². The number of benzene rings is 2. The van der Waals surface area contributed by atoms with Crippen LogP contribution in [0.1, 0.15) is 52.5 Å². The molecule has 0 radical (unpaired) electrons. The Morgan fingerprint density at radius 3 is 2.50 bits per heavy atom. The summed E-state index contributed by atoms with van der Waals surface area (Å²) in [6.45, 7) is 3.13. The van der Waals surface area contributed by atoms with Crippen molar-refractivity contribution in [3.05, 3.63) is 87.7 Å². The number of halogens is 4. The molecule has 2 amide bonds. The lowest BCUT2D eigenvalue weighted by Gasteiger charge is -2.30. The first-order chi connectivity index (χ1) is 20.7. The molecule has 4 aromatic rings. The summed E-state index contributed by atoms with van der Waals surface area (Å²) in [7, 11) is 0. The van der Waals surface area contributed by atoms with Gasteiger partial charge in [0, 0.05) is 28.3 Å². The molecule has 0 saturated heterocycles. The number of ether oxygens (including phenoxy) is 1. The lowest BCUT2D eigenvalue weighted by Crippen LogP contribution is -2.44. The third-order valence-corrected chi connectivity index (χ3v) is 8.74. The lowest BCUT2D eigenvalue weighted by atomic mass is 9.81. The standard InChI is InChI=1S/C32H28ClF3N4O4/c1-16-9-18-10-19(11-23(33)25(18)38-13-16)28(41)39-14-31(43,20-7-8-20)24-12-22-27(44-15-30(22,2)29(37)42)26(40-24)17-3-5-21(6-4-17)32(34,35)36/h3-6,9-13,20,43H,7-8,14-15H2,1-2H3,(H2,37,42)(H,39,41)/t30-,31+/m0/s1. The number of alkyl halides is 3.